The third-order valence-corrected chi connectivity index (χ3v) is 4.33. The van der Waals surface area contributed by atoms with E-state index in [0.717, 1.165) is 16.3 Å². The molecule has 0 heterocycles. The van der Waals surface area contributed by atoms with Gasteiger partial charge in [0.15, 0.2) is 17.6 Å². The fourth-order valence-corrected chi connectivity index (χ4v) is 2.93. The molecule has 1 unspecified atom stereocenters. The molecule has 0 aliphatic rings. The number of hydrogen-bond acceptors (Lipinski definition) is 3. The minimum absolute atomic E-state index is 0.133. The highest BCUT2D eigenvalue weighted by molar-refractivity contribution is 5.86. The van der Waals surface area contributed by atoms with Crippen LogP contribution in [0.25, 0.3) is 10.8 Å². The first-order chi connectivity index (χ1) is 12.7. The lowest BCUT2D eigenvalue weighted by Gasteiger charge is -2.19. The molecule has 0 aromatic heterocycles. The summed E-state index contributed by atoms with van der Waals surface area (Å²) in [5.41, 5.74) is 1.09. The van der Waals surface area contributed by atoms with Gasteiger partial charge < -0.3 is 14.8 Å². The third-order valence-electron chi connectivity index (χ3n) is 4.33. The van der Waals surface area contributed by atoms with Crippen LogP contribution in [0.4, 0.5) is 0 Å². The molecule has 3 aromatic carbocycles. The lowest BCUT2D eigenvalue weighted by Crippen LogP contribution is -2.37. The Morgan fingerprint density at radius 2 is 1.65 bits per heavy atom. The molecule has 0 radical (unpaired) electrons. The van der Waals surface area contributed by atoms with Gasteiger partial charge in [-0.15, -0.1) is 0 Å². The molecule has 1 amide bonds. The number of benzene rings is 3. The van der Waals surface area contributed by atoms with Crippen LogP contribution in [0.1, 0.15) is 18.9 Å². The van der Waals surface area contributed by atoms with Gasteiger partial charge in [-0.1, -0.05) is 61.5 Å². The Morgan fingerprint density at radius 1 is 0.962 bits per heavy atom. The van der Waals surface area contributed by atoms with Gasteiger partial charge >= 0.3 is 0 Å². The molecule has 1 atom stereocenters. The maximum absolute atomic E-state index is 12.6. The number of carbonyl (C=O) groups is 1. The van der Waals surface area contributed by atoms with E-state index in [-0.39, 0.29) is 5.91 Å². The van der Waals surface area contributed by atoms with Gasteiger partial charge in [0.05, 0.1) is 7.11 Å². The number of amides is 1. The van der Waals surface area contributed by atoms with E-state index in [1.54, 1.807) is 13.2 Å². The number of nitrogens with one attached hydrogen (secondary N) is 1. The van der Waals surface area contributed by atoms with Crippen LogP contribution in [0.15, 0.2) is 66.7 Å². The van der Waals surface area contributed by atoms with Crippen molar-refractivity contribution in [1.82, 2.24) is 5.32 Å². The Kier molecular flexibility index (Phi) is 5.74. The largest absolute Gasteiger partial charge is 0.493 e. The van der Waals surface area contributed by atoms with Gasteiger partial charge in [-0.25, -0.2) is 0 Å². The van der Waals surface area contributed by atoms with Gasteiger partial charge in [-0.2, -0.15) is 0 Å². The summed E-state index contributed by atoms with van der Waals surface area (Å²) in [5.74, 6) is 1.06. The quantitative estimate of drug-likeness (QED) is 0.691. The second-order valence-corrected chi connectivity index (χ2v) is 6.02. The Labute approximate surface area is 153 Å². The fraction of sp³-hybridized carbons (Fsp3) is 0.227. The molecule has 134 valence electrons. The molecule has 0 saturated heterocycles. The van der Waals surface area contributed by atoms with E-state index in [4.69, 9.17) is 9.47 Å². The van der Waals surface area contributed by atoms with E-state index in [2.05, 4.69) is 23.5 Å². The van der Waals surface area contributed by atoms with E-state index >= 15 is 0 Å². The third kappa shape index (κ3) is 3.97. The summed E-state index contributed by atoms with van der Waals surface area (Å²) in [6.45, 7) is 2.39. The number of ether oxygens (including phenoxy) is 2. The molecule has 4 nitrogen and oxygen atoms in total. The van der Waals surface area contributed by atoms with Crippen molar-refractivity contribution in [3.05, 3.63) is 72.3 Å². The number of para-hydroxylation sites is 2. The van der Waals surface area contributed by atoms with Gasteiger partial charge in [0, 0.05) is 6.54 Å². The van der Waals surface area contributed by atoms with Crippen LogP contribution in [0.5, 0.6) is 11.5 Å². The van der Waals surface area contributed by atoms with Crippen LogP contribution in [-0.4, -0.2) is 19.1 Å². The van der Waals surface area contributed by atoms with Crippen molar-refractivity contribution < 1.29 is 14.3 Å². The molecule has 0 spiro atoms. The van der Waals surface area contributed by atoms with Crippen molar-refractivity contribution in [2.24, 2.45) is 0 Å². The molecule has 4 heteroatoms. The standard InChI is InChI=1S/C22H23NO3/c1-3-19(26-21-14-7-6-13-20(21)25-2)22(24)23-15-17-11-8-10-16-9-4-5-12-18(16)17/h4-14,19H,3,15H2,1-2H3,(H,23,24). The molecule has 0 bridgehead atoms. The van der Waals surface area contributed by atoms with E-state index < -0.39 is 6.10 Å². The Bertz CT molecular complexity index is 886. The topological polar surface area (TPSA) is 47.6 Å². The van der Waals surface area contributed by atoms with Crippen LogP contribution in [0, 0.1) is 0 Å². The molecule has 1 N–H and O–H groups in total. The second kappa shape index (κ2) is 8.39. The smallest absolute Gasteiger partial charge is 0.261 e. The molecular formula is C22H23NO3. The monoisotopic (exact) mass is 349 g/mol. The number of methoxy groups -OCH3 is 1. The summed E-state index contributed by atoms with van der Waals surface area (Å²) in [4.78, 5) is 12.6. The van der Waals surface area contributed by atoms with Crippen molar-refractivity contribution >= 4 is 16.7 Å². The van der Waals surface area contributed by atoms with Gasteiger partial charge in [0.2, 0.25) is 0 Å². The molecule has 0 aliphatic carbocycles. The Hall–Kier alpha value is -3.01. The first-order valence-corrected chi connectivity index (χ1v) is 8.77. The molecule has 0 aliphatic heterocycles. The molecule has 0 saturated carbocycles. The zero-order valence-corrected chi connectivity index (χ0v) is 15.1. The molecular weight excluding hydrogens is 326 g/mol. The maximum Gasteiger partial charge on any atom is 0.261 e. The predicted molar refractivity (Wildman–Crippen MR) is 103 cm³/mol. The van der Waals surface area contributed by atoms with E-state index in [1.807, 2.05) is 49.4 Å². The summed E-state index contributed by atoms with van der Waals surface area (Å²) in [6.07, 6.45) is 0.000606. The van der Waals surface area contributed by atoms with E-state index in [9.17, 15) is 4.79 Å². The number of fused-ring (bicyclic) bond motifs is 1. The zero-order valence-electron chi connectivity index (χ0n) is 15.1. The zero-order chi connectivity index (χ0) is 18.4. The summed E-state index contributed by atoms with van der Waals surface area (Å²) < 4.78 is 11.2. The van der Waals surface area contributed by atoms with Crippen molar-refractivity contribution in [3.8, 4) is 11.5 Å². The minimum Gasteiger partial charge on any atom is -0.493 e. The molecule has 0 fully saturated rings. The Balaban J connectivity index is 1.69. The average Bonchev–Trinajstić information content (AvgIpc) is 2.70. The van der Waals surface area contributed by atoms with Crippen LogP contribution in [0.3, 0.4) is 0 Å². The van der Waals surface area contributed by atoms with Crippen LogP contribution in [0.2, 0.25) is 0 Å². The molecule has 3 rings (SSSR count). The predicted octanol–water partition coefficient (Wildman–Crippen LogP) is 4.32. The van der Waals surface area contributed by atoms with E-state index in [1.165, 1.54) is 0 Å². The maximum atomic E-state index is 12.6. The summed E-state index contributed by atoms with van der Waals surface area (Å²) in [6, 6.07) is 21.6. The average molecular weight is 349 g/mol. The molecule has 3 aromatic rings. The van der Waals surface area contributed by atoms with Crippen molar-refractivity contribution in [2.45, 2.75) is 26.0 Å². The number of rotatable bonds is 7. The van der Waals surface area contributed by atoms with E-state index in [0.29, 0.717) is 24.5 Å². The van der Waals surface area contributed by atoms with Gasteiger partial charge in [-0.3, -0.25) is 4.79 Å². The SMILES string of the molecule is CCC(Oc1ccccc1OC)C(=O)NCc1cccc2ccccc12. The number of carbonyl (C=O) groups excluding carboxylic acids is 1. The highest BCUT2D eigenvalue weighted by atomic mass is 16.5. The highest BCUT2D eigenvalue weighted by Crippen LogP contribution is 2.27. The first kappa shape index (κ1) is 17.8. The first-order valence-electron chi connectivity index (χ1n) is 8.77. The highest BCUT2D eigenvalue weighted by Gasteiger charge is 2.19. The van der Waals surface area contributed by atoms with Crippen LogP contribution in [-0.2, 0) is 11.3 Å². The van der Waals surface area contributed by atoms with Crippen molar-refractivity contribution in [3.63, 3.8) is 0 Å². The minimum atomic E-state index is -0.568. The van der Waals surface area contributed by atoms with Gasteiger partial charge in [0.25, 0.3) is 5.91 Å². The van der Waals surface area contributed by atoms with Crippen LogP contribution < -0.4 is 14.8 Å². The number of hydrogen-bond donors (Lipinski definition) is 1. The Morgan fingerprint density at radius 3 is 2.42 bits per heavy atom. The summed E-state index contributed by atoms with van der Waals surface area (Å²) in [5, 5.41) is 5.31. The van der Waals surface area contributed by atoms with Crippen molar-refractivity contribution in [2.75, 3.05) is 7.11 Å². The van der Waals surface area contributed by atoms with Crippen LogP contribution >= 0.6 is 0 Å². The second-order valence-electron chi connectivity index (χ2n) is 6.02. The lowest BCUT2D eigenvalue weighted by molar-refractivity contribution is -0.128. The van der Waals surface area contributed by atoms with Crippen molar-refractivity contribution in [1.29, 1.82) is 0 Å². The normalized spacial score (nSPS) is 11.8. The summed E-state index contributed by atoms with van der Waals surface area (Å²) in [7, 11) is 1.59. The van der Waals surface area contributed by atoms with Gasteiger partial charge in [-0.05, 0) is 34.9 Å². The molecule has 26 heavy (non-hydrogen) atoms. The lowest BCUT2D eigenvalue weighted by atomic mass is 10.0. The fourth-order valence-electron chi connectivity index (χ4n) is 2.93. The van der Waals surface area contributed by atoms with Gasteiger partial charge in [0.1, 0.15) is 0 Å². The summed E-state index contributed by atoms with van der Waals surface area (Å²) >= 11 is 0.